The third-order valence-electron chi connectivity index (χ3n) is 18.6. The van der Waals surface area contributed by atoms with E-state index in [1.807, 2.05) is 0 Å². The highest BCUT2D eigenvalue weighted by Gasteiger charge is 2.66. The van der Waals surface area contributed by atoms with Crippen LogP contribution in [0.1, 0.15) is 121 Å². The van der Waals surface area contributed by atoms with E-state index in [4.69, 9.17) is 4.42 Å². The van der Waals surface area contributed by atoms with Crippen molar-refractivity contribution >= 4 is 60.0 Å². The molecule has 8 aliphatic rings. The predicted molar refractivity (Wildman–Crippen MR) is 242 cm³/mol. The van der Waals surface area contributed by atoms with Crippen LogP contribution in [0.15, 0.2) is 95.4 Å². The largest absolute Gasteiger partial charge is 0.456 e. The number of para-hydroxylation sites is 1. The van der Waals surface area contributed by atoms with Crippen molar-refractivity contribution in [1.82, 2.24) is 4.40 Å². The molecular weight excluding hydrogens is 743 g/mol. The van der Waals surface area contributed by atoms with Crippen molar-refractivity contribution in [2.24, 2.45) is 29.1 Å². The molecule has 8 aliphatic carbocycles. The number of hydrogen-bond acceptors (Lipinski definition) is 3. The van der Waals surface area contributed by atoms with Crippen molar-refractivity contribution < 1.29 is 4.42 Å². The molecule has 3 heterocycles. The van der Waals surface area contributed by atoms with Crippen molar-refractivity contribution in [3.63, 3.8) is 0 Å². The van der Waals surface area contributed by atoms with Gasteiger partial charge in [-0.1, -0.05) is 54.6 Å². The van der Waals surface area contributed by atoms with Crippen LogP contribution in [-0.2, 0) is 0 Å². The van der Waals surface area contributed by atoms with Gasteiger partial charge in [0.25, 0.3) is 0 Å². The van der Waals surface area contributed by atoms with Gasteiger partial charge in [0, 0.05) is 37.9 Å². The van der Waals surface area contributed by atoms with Gasteiger partial charge in [-0.2, -0.15) is 10.5 Å². The Labute approximate surface area is 353 Å². The van der Waals surface area contributed by atoms with Gasteiger partial charge in [0.05, 0.1) is 39.8 Å². The van der Waals surface area contributed by atoms with Gasteiger partial charge in [-0.05, 0) is 192 Å². The molecule has 0 radical (unpaired) electrons. The molecule has 7 atom stereocenters. The fourth-order valence-electron chi connectivity index (χ4n) is 16.9. The number of nitriles is 2. The number of aromatic nitrogens is 1. The third-order valence-corrected chi connectivity index (χ3v) is 18.6. The first-order chi connectivity index (χ1) is 30.1. The lowest BCUT2D eigenvalue weighted by molar-refractivity contribution is 0.00322. The first kappa shape index (κ1) is 32.6. The fraction of sp³-hybridized carbons (Fsp3) is 0.333. The van der Waals surface area contributed by atoms with Gasteiger partial charge in [0.2, 0.25) is 0 Å². The molecule has 0 saturated heterocycles. The fourth-order valence-corrected chi connectivity index (χ4v) is 16.9. The van der Waals surface area contributed by atoms with Crippen LogP contribution in [0.2, 0.25) is 0 Å². The maximum Gasteiger partial charge on any atom is 0.136 e. The molecule has 6 aromatic carbocycles. The van der Waals surface area contributed by atoms with Crippen molar-refractivity contribution in [2.75, 3.05) is 0 Å². The van der Waals surface area contributed by atoms with Gasteiger partial charge in [-0.25, -0.2) is 0 Å². The van der Waals surface area contributed by atoms with Crippen LogP contribution in [-0.4, -0.2) is 4.40 Å². The molecule has 3 aromatic heterocycles. The van der Waals surface area contributed by atoms with E-state index in [0.717, 1.165) is 51.4 Å². The van der Waals surface area contributed by atoms with Crippen LogP contribution < -0.4 is 0 Å². The number of benzene rings is 6. The summed E-state index contributed by atoms with van der Waals surface area (Å²) in [5, 5.41) is 30.0. The van der Waals surface area contributed by atoms with Crippen molar-refractivity contribution in [3.8, 4) is 34.4 Å². The Morgan fingerprint density at radius 3 is 1.82 bits per heavy atom. The van der Waals surface area contributed by atoms with Crippen LogP contribution in [0, 0.1) is 51.7 Å². The maximum atomic E-state index is 11.2. The molecule has 292 valence electrons. The second-order valence-electron chi connectivity index (χ2n) is 21.0. The van der Waals surface area contributed by atoms with Gasteiger partial charge < -0.3 is 8.82 Å². The maximum absolute atomic E-state index is 11.2. The van der Waals surface area contributed by atoms with E-state index in [9.17, 15) is 10.5 Å². The zero-order valence-electron chi connectivity index (χ0n) is 34.1. The Morgan fingerprint density at radius 2 is 1.13 bits per heavy atom. The zero-order valence-corrected chi connectivity index (χ0v) is 34.1. The van der Waals surface area contributed by atoms with Gasteiger partial charge >= 0.3 is 0 Å². The molecule has 9 aromatic rings. The topological polar surface area (TPSA) is 65.1 Å². The van der Waals surface area contributed by atoms with E-state index in [-0.39, 0.29) is 0 Å². The molecule has 1 spiro atoms. The van der Waals surface area contributed by atoms with Crippen LogP contribution in [0.25, 0.3) is 82.3 Å². The standard InChI is InChI=1S/C57H43N3O/c58-26-36-21-44-53(51-32-15-28-12-29(16-32)14-31(13-28)48(36)51)42-19-33(50-40(30-6-2-1-3-7-30)10-11-47-55(50)41-8-4-5-9-46(41)61-47)20-43-54-45(60(44)56(42)43)22-37(27-59)49-34-17-38-23-39-18-35(52(49)54)25-57(38,39)24-34/h1-11,19-22,28-29,31-32,34-35,38-39H,12-18,23-25H2. The zero-order chi connectivity index (χ0) is 39.6. The monoisotopic (exact) mass is 785 g/mol. The summed E-state index contributed by atoms with van der Waals surface area (Å²) in [5.74, 6) is 5.01. The number of fused-ring (bicyclic) bond motifs is 15. The van der Waals surface area contributed by atoms with E-state index < -0.39 is 0 Å². The Hall–Kier alpha value is -6.10. The summed E-state index contributed by atoms with van der Waals surface area (Å²) in [5.41, 5.74) is 18.3. The minimum Gasteiger partial charge on any atom is -0.456 e. The molecule has 61 heavy (non-hydrogen) atoms. The Morgan fingerprint density at radius 1 is 0.525 bits per heavy atom. The van der Waals surface area contributed by atoms with Crippen molar-refractivity contribution in [2.45, 2.75) is 87.9 Å². The number of rotatable bonds is 2. The molecule has 0 amide bonds. The molecular formula is C57H43N3O. The van der Waals surface area contributed by atoms with Gasteiger partial charge in [-0.3, -0.25) is 0 Å². The van der Waals surface area contributed by atoms with Crippen LogP contribution in [0.5, 0.6) is 0 Å². The van der Waals surface area contributed by atoms with Crippen molar-refractivity contribution in [1.29, 1.82) is 10.5 Å². The smallest absolute Gasteiger partial charge is 0.136 e. The Balaban J connectivity index is 1.12. The van der Waals surface area contributed by atoms with Gasteiger partial charge in [-0.15, -0.1) is 0 Å². The SMILES string of the molecule is N#Cc1cc2c(c3c1C1CC4CC(C1)CC3C4)c1cc(-c3c(-c4ccccc4)ccc4oc5ccccc5c34)cc3c4c5c(c(C#N)cc4n2c13)C1CC2CC3CC5CC23C1. The van der Waals surface area contributed by atoms with Gasteiger partial charge in [0.15, 0.2) is 0 Å². The minimum atomic E-state index is 0.453. The van der Waals surface area contributed by atoms with E-state index >= 15 is 0 Å². The molecule has 5 fully saturated rings. The normalized spacial score (nSPS) is 30.0. The predicted octanol–water partition coefficient (Wildman–Crippen LogP) is 14.6. The molecule has 0 aliphatic heterocycles. The summed E-state index contributed by atoms with van der Waals surface area (Å²) in [6.45, 7) is 0. The molecule has 17 rings (SSSR count). The highest BCUT2D eigenvalue weighted by atomic mass is 16.3. The van der Waals surface area contributed by atoms with Crippen LogP contribution >= 0.6 is 0 Å². The lowest BCUT2D eigenvalue weighted by Crippen LogP contribution is -2.41. The first-order valence-corrected chi connectivity index (χ1v) is 23.3. The third kappa shape index (κ3) is 3.78. The minimum absolute atomic E-state index is 0.453. The molecule has 7 unspecified atom stereocenters. The summed E-state index contributed by atoms with van der Waals surface area (Å²) in [6.07, 6.45) is 12.7. The molecule has 7 bridgehead atoms. The van der Waals surface area contributed by atoms with Crippen molar-refractivity contribution in [3.05, 3.63) is 124 Å². The second kappa shape index (κ2) is 10.9. The highest BCUT2D eigenvalue weighted by Crippen LogP contribution is 2.77. The van der Waals surface area contributed by atoms with E-state index in [0.29, 0.717) is 29.1 Å². The summed E-state index contributed by atoms with van der Waals surface area (Å²) in [7, 11) is 0. The molecule has 0 N–H and O–H groups in total. The van der Waals surface area contributed by atoms with Gasteiger partial charge in [0.1, 0.15) is 11.2 Å². The Kier molecular flexibility index (Phi) is 5.81. The lowest BCUT2D eigenvalue weighted by atomic mass is 9.56. The summed E-state index contributed by atoms with van der Waals surface area (Å²) < 4.78 is 9.22. The Bertz CT molecular complexity index is 3580. The highest BCUT2D eigenvalue weighted by molar-refractivity contribution is 6.28. The lowest BCUT2D eigenvalue weighted by Gasteiger charge is -2.48. The first-order valence-electron chi connectivity index (χ1n) is 23.3. The average molecular weight is 786 g/mol. The quantitative estimate of drug-likeness (QED) is 0.175. The average Bonchev–Trinajstić information content (AvgIpc) is 4.03. The summed E-state index contributed by atoms with van der Waals surface area (Å²) >= 11 is 0. The van der Waals surface area contributed by atoms with Crippen LogP contribution in [0.4, 0.5) is 0 Å². The molecule has 5 saturated carbocycles. The second-order valence-corrected chi connectivity index (χ2v) is 21.0. The van der Waals surface area contributed by atoms with E-state index in [2.05, 4.69) is 108 Å². The summed E-state index contributed by atoms with van der Waals surface area (Å²) in [6, 6.07) is 39.2. The molecule has 4 heteroatoms. The number of nitrogens with zero attached hydrogens (tertiary/aromatic N) is 3. The summed E-state index contributed by atoms with van der Waals surface area (Å²) in [4.78, 5) is 0. The molecule has 4 nitrogen and oxygen atoms in total. The number of furan rings is 1. The van der Waals surface area contributed by atoms with E-state index in [1.54, 1.807) is 0 Å². The van der Waals surface area contributed by atoms with E-state index in [1.165, 1.54) is 152 Å². The number of hydrogen-bond donors (Lipinski definition) is 0. The van der Waals surface area contributed by atoms with Crippen LogP contribution in [0.3, 0.4) is 0 Å².